The van der Waals surface area contributed by atoms with Crippen LogP contribution in [0, 0.1) is 5.82 Å². The van der Waals surface area contributed by atoms with E-state index in [0.717, 1.165) is 23.2 Å². The molecule has 21 heavy (non-hydrogen) atoms. The number of hydrogen-bond donors (Lipinski definition) is 0. The third kappa shape index (κ3) is 3.63. The van der Waals surface area contributed by atoms with Crippen molar-refractivity contribution in [1.82, 2.24) is 0 Å². The van der Waals surface area contributed by atoms with Crippen molar-refractivity contribution in [3.8, 4) is 0 Å². The van der Waals surface area contributed by atoms with Crippen molar-refractivity contribution in [2.24, 2.45) is 0 Å². The molecule has 116 valence electrons. The molecule has 1 heterocycles. The van der Waals surface area contributed by atoms with Crippen LogP contribution >= 0.6 is 11.8 Å². The molecule has 0 unspecified atom stereocenters. The van der Waals surface area contributed by atoms with E-state index < -0.39 is 18.3 Å². The molecule has 0 aromatic heterocycles. The molecule has 0 spiro atoms. The highest BCUT2D eigenvalue weighted by atomic mass is 32.2. The Hall–Kier alpha value is -0.515. The van der Waals surface area contributed by atoms with Gasteiger partial charge in [0, 0.05) is 5.75 Å². The highest BCUT2D eigenvalue weighted by Gasteiger charge is 2.51. The van der Waals surface area contributed by atoms with Crippen LogP contribution in [-0.2, 0) is 15.1 Å². The fraction of sp³-hybridized carbons (Fsp3) is 0.625. The van der Waals surface area contributed by atoms with E-state index in [1.165, 1.54) is 0 Å². The molecule has 2 nitrogen and oxygen atoms in total. The fourth-order valence-corrected chi connectivity index (χ4v) is 3.02. The molecule has 2 rings (SSSR count). The largest absolute Gasteiger partial charge is 0.494 e. The number of hydrogen-bond acceptors (Lipinski definition) is 3. The second kappa shape index (κ2) is 6.31. The zero-order valence-electron chi connectivity index (χ0n) is 13.5. The third-order valence-electron chi connectivity index (χ3n) is 4.21. The third-order valence-corrected chi connectivity index (χ3v) is 5.42. The molecular weight excluding hydrogens is 286 g/mol. The van der Waals surface area contributed by atoms with Gasteiger partial charge in [0.25, 0.3) is 0 Å². The molecule has 5 heteroatoms. The zero-order valence-corrected chi connectivity index (χ0v) is 14.3. The van der Waals surface area contributed by atoms with Crippen LogP contribution < -0.4 is 5.46 Å². The van der Waals surface area contributed by atoms with Gasteiger partial charge in [-0.1, -0.05) is 19.1 Å². The van der Waals surface area contributed by atoms with E-state index in [9.17, 15) is 4.39 Å². The Morgan fingerprint density at radius 3 is 2.29 bits per heavy atom. The monoisotopic (exact) mass is 310 g/mol. The standard InChI is InChI=1S/C16H24BFO2S/c1-6-9-21-11-12-7-8-13(10-14(12)18)17-19-15(2,3)16(4,5)20-17/h7-8,10H,6,9,11H2,1-5H3. The van der Waals surface area contributed by atoms with Gasteiger partial charge in [-0.15, -0.1) is 0 Å². The minimum atomic E-state index is -0.498. The van der Waals surface area contributed by atoms with Crippen LogP contribution in [0.4, 0.5) is 4.39 Å². The smallest absolute Gasteiger partial charge is 0.399 e. The van der Waals surface area contributed by atoms with Gasteiger partial charge in [-0.2, -0.15) is 11.8 Å². The van der Waals surface area contributed by atoms with Gasteiger partial charge in [0.15, 0.2) is 0 Å². The molecule has 1 aliphatic heterocycles. The van der Waals surface area contributed by atoms with E-state index in [-0.39, 0.29) is 5.82 Å². The van der Waals surface area contributed by atoms with Gasteiger partial charge < -0.3 is 9.31 Å². The Labute approximate surface area is 131 Å². The minimum absolute atomic E-state index is 0.175. The van der Waals surface area contributed by atoms with Crippen molar-refractivity contribution >= 4 is 24.3 Å². The maximum absolute atomic E-state index is 14.2. The van der Waals surface area contributed by atoms with Crippen molar-refractivity contribution < 1.29 is 13.7 Å². The van der Waals surface area contributed by atoms with Gasteiger partial charge in [-0.25, -0.2) is 4.39 Å². The van der Waals surface area contributed by atoms with E-state index in [1.54, 1.807) is 17.8 Å². The lowest BCUT2D eigenvalue weighted by Crippen LogP contribution is -2.41. The van der Waals surface area contributed by atoms with Crippen molar-refractivity contribution in [3.63, 3.8) is 0 Å². The summed E-state index contributed by atoms with van der Waals surface area (Å²) in [5.41, 5.74) is 0.692. The molecule has 0 N–H and O–H groups in total. The first-order valence-electron chi connectivity index (χ1n) is 7.48. The van der Waals surface area contributed by atoms with Gasteiger partial charge in [0.1, 0.15) is 5.82 Å². The lowest BCUT2D eigenvalue weighted by molar-refractivity contribution is 0.00578. The summed E-state index contributed by atoms with van der Waals surface area (Å²) < 4.78 is 26.1. The average Bonchev–Trinajstić information content (AvgIpc) is 2.60. The molecular formula is C16H24BFO2S. The van der Waals surface area contributed by atoms with Gasteiger partial charge in [0.2, 0.25) is 0 Å². The summed E-state index contributed by atoms with van der Waals surface area (Å²) in [5, 5.41) is 0. The predicted molar refractivity (Wildman–Crippen MR) is 88.6 cm³/mol. The second-order valence-corrected chi connectivity index (χ2v) is 7.60. The highest BCUT2D eigenvalue weighted by Crippen LogP contribution is 2.36. The quantitative estimate of drug-likeness (QED) is 0.609. The van der Waals surface area contributed by atoms with Crippen molar-refractivity contribution in [2.75, 3.05) is 5.75 Å². The normalized spacial score (nSPS) is 20.0. The second-order valence-electron chi connectivity index (χ2n) is 6.49. The van der Waals surface area contributed by atoms with E-state index in [2.05, 4.69) is 6.92 Å². The summed E-state index contributed by atoms with van der Waals surface area (Å²) in [5.74, 6) is 1.59. The summed E-state index contributed by atoms with van der Waals surface area (Å²) in [6.45, 7) is 10.1. The van der Waals surface area contributed by atoms with Crippen LogP contribution in [0.3, 0.4) is 0 Å². The van der Waals surface area contributed by atoms with E-state index in [1.807, 2.05) is 39.8 Å². The van der Waals surface area contributed by atoms with Crippen molar-refractivity contribution in [2.45, 2.75) is 58.0 Å². The van der Waals surface area contributed by atoms with Crippen LogP contribution in [0.5, 0.6) is 0 Å². The van der Waals surface area contributed by atoms with Gasteiger partial charge in [-0.05, 0) is 57.0 Å². The lowest BCUT2D eigenvalue weighted by atomic mass is 9.79. The zero-order chi connectivity index (χ0) is 15.7. The van der Waals surface area contributed by atoms with Gasteiger partial charge >= 0.3 is 7.12 Å². The summed E-state index contributed by atoms with van der Waals surface area (Å²) in [7, 11) is -0.498. The van der Waals surface area contributed by atoms with Crippen LogP contribution in [-0.4, -0.2) is 24.1 Å². The first-order valence-corrected chi connectivity index (χ1v) is 8.64. The van der Waals surface area contributed by atoms with Crippen LogP contribution in [0.2, 0.25) is 0 Å². The van der Waals surface area contributed by atoms with Crippen molar-refractivity contribution in [3.05, 3.63) is 29.6 Å². The summed E-state index contributed by atoms with van der Waals surface area (Å²) >= 11 is 1.76. The Kier molecular flexibility index (Phi) is 5.06. The molecule has 1 fully saturated rings. The van der Waals surface area contributed by atoms with Gasteiger partial charge in [0.05, 0.1) is 11.2 Å². The maximum atomic E-state index is 14.2. The van der Waals surface area contributed by atoms with E-state index in [0.29, 0.717) is 5.75 Å². The number of benzene rings is 1. The van der Waals surface area contributed by atoms with Gasteiger partial charge in [-0.3, -0.25) is 0 Å². The molecule has 1 saturated heterocycles. The Morgan fingerprint density at radius 2 is 1.76 bits per heavy atom. The highest BCUT2D eigenvalue weighted by molar-refractivity contribution is 7.98. The molecule has 0 aliphatic carbocycles. The number of halogens is 1. The first kappa shape index (κ1) is 16.8. The fourth-order valence-electron chi connectivity index (χ4n) is 2.13. The first-order chi connectivity index (χ1) is 9.77. The number of rotatable bonds is 5. The summed E-state index contributed by atoms with van der Waals surface area (Å²) in [6.07, 6.45) is 1.11. The predicted octanol–water partition coefficient (Wildman–Crippen LogP) is 3.77. The topological polar surface area (TPSA) is 18.5 Å². The van der Waals surface area contributed by atoms with E-state index >= 15 is 0 Å². The van der Waals surface area contributed by atoms with Crippen molar-refractivity contribution in [1.29, 1.82) is 0 Å². The van der Waals surface area contributed by atoms with Crippen LogP contribution in [0.25, 0.3) is 0 Å². The summed E-state index contributed by atoms with van der Waals surface area (Å²) in [4.78, 5) is 0. The molecule has 0 saturated carbocycles. The molecule has 1 aromatic rings. The Morgan fingerprint density at radius 1 is 1.14 bits per heavy atom. The number of thioether (sulfide) groups is 1. The summed E-state index contributed by atoms with van der Waals surface area (Å²) in [6, 6.07) is 5.30. The van der Waals surface area contributed by atoms with E-state index in [4.69, 9.17) is 9.31 Å². The Balaban J connectivity index is 2.11. The van der Waals surface area contributed by atoms with Crippen LogP contribution in [0.1, 0.15) is 46.6 Å². The lowest BCUT2D eigenvalue weighted by Gasteiger charge is -2.32. The molecule has 1 aromatic carbocycles. The molecule has 0 amide bonds. The maximum Gasteiger partial charge on any atom is 0.494 e. The molecule has 0 radical (unpaired) electrons. The Bertz CT molecular complexity index is 489. The molecule has 0 bridgehead atoms. The molecule has 1 aliphatic rings. The van der Waals surface area contributed by atoms with Crippen LogP contribution in [0.15, 0.2) is 18.2 Å². The average molecular weight is 310 g/mol. The molecule has 0 atom stereocenters. The SMILES string of the molecule is CCCSCc1ccc(B2OC(C)(C)C(C)(C)O2)cc1F. The minimum Gasteiger partial charge on any atom is -0.399 e.